The fraction of sp³-hybridized carbons (Fsp3) is 0.600. The molecule has 5 N–H and O–H groups in total. The van der Waals surface area contributed by atoms with Gasteiger partial charge in [0.1, 0.15) is 12.1 Å². The summed E-state index contributed by atoms with van der Waals surface area (Å²) < 4.78 is 0. The number of anilines is 1. The molecule has 0 fully saturated rings. The number of amides is 4. The maximum Gasteiger partial charge on any atom is 0.246 e. The molecular weight excluding hydrogens is 436 g/mol. The molecule has 1 aromatic rings. The number of aliphatic hydroxyl groups excluding tert-OH is 1. The zero-order valence-electron chi connectivity index (χ0n) is 20.8. The summed E-state index contributed by atoms with van der Waals surface area (Å²) in [7, 11) is 0. The van der Waals surface area contributed by atoms with E-state index in [1.807, 2.05) is 20.8 Å². The maximum absolute atomic E-state index is 12.7. The van der Waals surface area contributed by atoms with Crippen LogP contribution in [0.5, 0.6) is 0 Å². The summed E-state index contributed by atoms with van der Waals surface area (Å²) in [4.78, 5) is 48.9. The average molecular weight is 477 g/mol. The lowest BCUT2D eigenvalue weighted by atomic mass is 10.0. The van der Waals surface area contributed by atoms with Gasteiger partial charge in [0.2, 0.25) is 23.6 Å². The Morgan fingerprint density at radius 1 is 0.853 bits per heavy atom. The van der Waals surface area contributed by atoms with Gasteiger partial charge in [0, 0.05) is 25.1 Å². The molecule has 9 nitrogen and oxygen atoms in total. The first-order chi connectivity index (χ1) is 16.2. The highest BCUT2D eigenvalue weighted by atomic mass is 16.3. The van der Waals surface area contributed by atoms with Gasteiger partial charge >= 0.3 is 0 Å². The Bertz CT molecular complexity index is 795. The van der Waals surface area contributed by atoms with Gasteiger partial charge in [-0.15, -0.1) is 0 Å². The van der Waals surface area contributed by atoms with E-state index in [9.17, 15) is 19.2 Å². The van der Waals surface area contributed by atoms with Crippen LogP contribution in [0.4, 0.5) is 5.69 Å². The molecule has 9 heteroatoms. The fourth-order valence-electron chi connectivity index (χ4n) is 3.22. The lowest BCUT2D eigenvalue weighted by molar-refractivity contribution is -0.131. The number of carbonyl (C=O) groups excluding carboxylic acids is 4. The summed E-state index contributed by atoms with van der Waals surface area (Å²) in [5, 5.41) is 20.1. The van der Waals surface area contributed by atoms with Crippen molar-refractivity contribution in [2.75, 3.05) is 11.9 Å². The molecule has 0 saturated heterocycles. The number of nitrogens with one attached hydrogen (secondary N) is 4. The molecule has 0 radical (unpaired) electrons. The van der Waals surface area contributed by atoms with E-state index in [1.165, 1.54) is 0 Å². The van der Waals surface area contributed by atoms with Crippen molar-refractivity contribution in [2.24, 2.45) is 5.92 Å². The van der Waals surface area contributed by atoms with Crippen LogP contribution in [0.2, 0.25) is 0 Å². The second kappa shape index (κ2) is 15.8. The standard InChI is InChI=1S/C25H40N4O5/c1-5-9-21(31)26-15-8-6-7-10-22(32)29-23(17(2)3)25(34)27-18(4)24(33)28-20-13-11-19(16-30)12-14-20/h11-14,17-18,23,30H,5-10,15-16H2,1-4H3,(H,26,31)(H,27,34)(H,28,33)(H,29,32)/t18-,23-/m0/s1. The molecule has 0 unspecified atom stereocenters. The van der Waals surface area contributed by atoms with Crippen molar-refractivity contribution in [1.29, 1.82) is 0 Å². The van der Waals surface area contributed by atoms with Gasteiger partial charge in [-0.05, 0) is 49.8 Å². The van der Waals surface area contributed by atoms with Crippen molar-refractivity contribution in [3.63, 3.8) is 0 Å². The largest absolute Gasteiger partial charge is 0.392 e. The molecule has 2 atom stereocenters. The van der Waals surface area contributed by atoms with Gasteiger partial charge in [0.15, 0.2) is 0 Å². The van der Waals surface area contributed by atoms with Gasteiger partial charge in [0.25, 0.3) is 0 Å². The number of rotatable bonds is 15. The first-order valence-electron chi connectivity index (χ1n) is 12.0. The third kappa shape index (κ3) is 11.3. The van der Waals surface area contributed by atoms with Crippen LogP contribution in [-0.2, 0) is 25.8 Å². The van der Waals surface area contributed by atoms with E-state index >= 15 is 0 Å². The van der Waals surface area contributed by atoms with Crippen molar-refractivity contribution in [3.05, 3.63) is 29.8 Å². The minimum Gasteiger partial charge on any atom is -0.392 e. The number of hydrogen-bond acceptors (Lipinski definition) is 5. The Morgan fingerprint density at radius 2 is 1.53 bits per heavy atom. The van der Waals surface area contributed by atoms with Gasteiger partial charge in [-0.2, -0.15) is 0 Å². The molecule has 1 aromatic carbocycles. The number of benzene rings is 1. The number of carbonyl (C=O) groups is 4. The Morgan fingerprint density at radius 3 is 2.12 bits per heavy atom. The lowest BCUT2D eigenvalue weighted by Crippen LogP contribution is -2.53. The monoisotopic (exact) mass is 476 g/mol. The summed E-state index contributed by atoms with van der Waals surface area (Å²) in [6.07, 6.45) is 3.90. The summed E-state index contributed by atoms with van der Waals surface area (Å²) in [5.74, 6) is -1.12. The highest BCUT2D eigenvalue weighted by Crippen LogP contribution is 2.10. The summed E-state index contributed by atoms with van der Waals surface area (Å²) >= 11 is 0. The van der Waals surface area contributed by atoms with E-state index in [-0.39, 0.29) is 30.2 Å². The molecule has 34 heavy (non-hydrogen) atoms. The molecule has 4 amide bonds. The Kier molecular flexibility index (Phi) is 13.5. The van der Waals surface area contributed by atoms with Crippen LogP contribution in [-0.4, -0.2) is 47.4 Å². The molecule has 0 bridgehead atoms. The molecule has 190 valence electrons. The first-order valence-corrected chi connectivity index (χ1v) is 12.0. The average Bonchev–Trinajstić information content (AvgIpc) is 2.80. The highest BCUT2D eigenvalue weighted by Gasteiger charge is 2.26. The molecule has 0 aliphatic carbocycles. The molecule has 0 aromatic heterocycles. The molecule has 0 heterocycles. The molecule has 0 spiro atoms. The van der Waals surface area contributed by atoms with Crippen molar-refractivity contribution in [1.82, 2.24) is 16.0 Å². The van der Waals surface area contributed by atoms with Crippen LogP contribution in [0.15, 0.2) is 24.3 Å². The van der Waals surface area contributed by atoms with E-state index in [0.717, 1.165) is 24.8 Å². The highest BCUT2D eigenvalue weighted by molar-refractivity contribution is 5.98. The molecule has 0 aliphatic heterocycles. The normalized spacial score (nSPS) is 12.5. The third-order valence-corrected chi connectivity index (χ3v) is 5.30. The summed E-state index contributed by atoms with van der Waals surface area (Å²) in [6.45, 7) is 7.71. The van der Waals surface area contributed by atoms with E-state index in [2.05, 4.69) is 21.3 Å². The molecule has 1 rings (SSSR count). The fourth-order valence-corrected chi connectivity index (χ4v) is 3.22. The quantitative estimate of drug-likeness (QED) is 0.247. The Balaban J connectivity index is 2.43. The topological polar surface area (TPSA) is 137 Å². The van der Waals surface area contributed by atoms with Crippen LogP contribution in [0.25, 0.3) is 0 Å². The van der Waals surface area contributed by atoms with Crippen molar-refractivity contribution in [3.8, 4) is 0 Å². The minimum atomic E-state index is -0.800. The number of unbranched alkanes of at least 4 members (excludes halogenated alkanes) is 2. The van der Waals surface area contributed by atoms with Crippen LogP contribution in [0, 0.1) is 5.92 Å². The van der Waals surface area contributed by atoms with Crippen molar-refractivity contribution < 1.29 is 24.3 Å². The number of aliphatic hydroxyl groups is 1. The number of hydrogen-bond donors (Lipinski definition) is 5. The SMILES string of the molecule is CCCC(=O)NCCCCCC(=O)N[C@H](C(=O)N[C@@H](C)C(=O)Nc1ccc(CO)cc1)C(C)C. The Hall–Kier alpha value is -2.94. The van der Waals surface area contributed by atoms with E-state index in [4.69, 9.17) is 5.11 Å². The zero-order chi connectivity index (χ0) is 25.5. The van der Waals surface area contributed by atoms with Crippen LogP contribution in [0.3, 0.4) is 0 Å². The molecule has 0 saturated carbocycles. The zero-order valence-corrected chi connectivity index (χ0v) is 20.8. The van der Waals surface area contributed by atoms with Crippen LogP contribution < -0.4 is 21.3 Å². The van der Waals surface area contributed by atoms with Gasteiger partial charge in [0.05, 0.1) is 6.61 Å². The van der Waals surface area contributed by atoms with Gasteiger partial charge in [-0.1, -0.05) is 39.3 Å². The predicted molar refractivity (Wildman–Crippen MR) is 132 cm³/mol. The minimum absolute atomic E-state index is 0.0496. The Labute approximate surface area is 202 Å². The predicted octanol–water partition coefficient (Wildman–Crippen LogP) is 2.24. The second-order valence-corrected chi connectivity index (χ2v) is 8.77. The van der Waals surface area contributed by atoms with E-state index < -0.39 is 18.0 Å². The van der Waals surface area contributed by atoms with Gasteiger partial charge in [-0.25, -0.2) is 0 Å². The summed E-state index contributed by atoms with van der Waals surface area (Å²) in [5.41, 5.74) is 1.29. The maximum atomic E-state index is 12.7. The summed E-state index contributed by atoms with van der Waals surface area (Å²) in [6, 6.07) is 5.20. The molecule has 0 aliphatic rings. The van der Waals surface area contributed by atoms with Gasteiger partial charge in [-0.3, -0.25) is 19.2 Å². The van der Waals surface area contributed by atoms with E-state index in [1.54, 1.807) is 31.2 Å². The molecular formula is C25H40N4O5. The smallest absolute Gasteiger partial charge is 0.246 e. The second-order valence-electron chi connectivity index (χ2n) is 8.77. The lowest BCUT2D eigenvalue weighted by Gasteiger charge is -2.24. The van der Waals surface area contributed by atoms with Crippen molar-refractivity contribution in [2.45, 2.75) is 84.9 Å². The third-order valence-electron chi connectivity index (χ3n) is 5.30. The van der Waals surface area contributed by atoms with Crippen LogP contribution >= 0.6 is 0 Å². The first kappa shape index (κ1) is 29.1. The van der Waals surface area contributed by atoms with Crippen molar-refractivity contribution >= 4 is 29.3 Å². The van der Waals surface area contributed by atoms with Crippen LogP contribution in [0.1, 0.15) is 71.8 Å². The van der Waals surface area contributed by atoms with Gasteiger partial charge < -0.3 is 26.4 Å². The van der Waals surface area contributed by atoms with E-state index in [0.29, 0.717) is 31.5 Å².